The van der Waals surface area contributed by atoms with Gasteiger partial charge < -0.3 is 15.6 Å². The minimum absolute atomic E-state index is 0.0215. The van der Waals surface area contributed by atoms with Crippen LogP contribution in [0.25, 0.3) is 0 Å². The van der Waals surface area contributed by atoms with Gasteiger partial charge in [0.2, 0.25) is 0 Å². The van der Waals surface area contributed by atoms with Gasteiger partial charge in [0.25, 0.3) is 5.91 Å². The van der Waals surface area contributed by atoms with E-state index < -0.39 is 0 Å². The predicted molar refractivity (Wildman–Crippen MR) is 80.2 cm³/mol. The summed E-state index contributed by atoms with van der Waals surface area (Å²) in [6, 6.07) is 2.38. The quantitative estimate of drug-likeness (QED) is 0.844. The van der Waals surface area contributed by atoms with Crippen molar-refractivity contribution in [1.82, 2.24) is 9.88 Å². The second-order valence-electron chi connectivity index (χ2n) is 5.33. The van der Waals surface area contributed by atoms with E-state index in [1.165, 1.54) is 0 Å². The van der Waals surface area contributed by atoms with Crippen LogP contribution in [0.3, 0.4) is 0 Å². The predicted octanol–water partition coefficient (Wildman–Crippen LogP) is 2.83. The van der Waals surface area contributed by atoms with Gasteiger partial charge in [0.05, 0.1) is 5.54 Å². The topological polar surface area (TPSA) is 60.0 Å². The van der Waals surface area contributed by atoms with Crippen LogP contribution in [0.1, 0.15) is 56.1 Å². The molecular weight excluding hydrogens is 306 g/mol. The van der Waals surface area contributed by atoms with Crippen LogP contribution in [0, 0.1) is 0 Å². The van der Waals surface area contributed by atoms with Crippen LogP contribution in [-0.4, -0.2) is 22.6 Å². The Morgan fingerprint density at radius 3 is 2.63 bits per heavy atom. The maximum Gasteiger partial charge on any atom is 0.268 e. The van der Waals surface area contributed by atoms with Crippen molar-refractivity contribution in [2.75, 3.05) is 6.54 Å². The van der Waals surface area contributed by atoms with Crippen molar-refractivity contribution in [3.63, 3.8) is 0 Å². The molecule has 3 N–H and O–H groups in total. The fourth-order valence-electron chi connectivity index (χ4n) is 2.35. The lowest BCUT2D eigenvalue weighted by atomic mass is 9.93. The zero-order valence-corrected chi connectivity index (χ0v) is 13.2. The van der Waals surface area contributed by atoms with Gasteiger partial charge in [0.1, 0.15) is 5.69 Å². The fourth-order valence-corrected chi connectivity index (χ4v) is 2.79. The summed E-state index contributed by atoms with van der Waals surface area (Å²) in [5, 5.41) is 3.13. The van der Waals surface area contributed by atoms with E-state index in [0.717, 1.165) is 35.8 Å². The van der Waals surface area contributed by atoms with Gasteiger partial charge in [-0.1, -0.05) is 13.8 Å². The summed E-state index contributed by atoms with van der Waals surface area (Å²) in [4.78, 5) is 12.5. The Labute approximate surface area is 122 Å². The van der Waals surface area contributed by atoms with E-state index in [0.29, 0.717) is 12.6 Å². The van der Waals surface area contributed by atoms with E-state index in [4.69, 9.17) is 5.73 Å². The molecule has 1 amide bonds. The fraction of sp³-hybridized carbons (Fsp3) is 0.643. The highest BCUT2D eigenvalue weighted by atomic mass is 79.9. The summed E-state index contributed by atoms with van der Waals surface area (Å²) in [5.41, 5.74) is 6.28. The second-order valence-corrected chi connectivity index (χ2v) is 6.24. The van der Waals surface area contributed by atoms with Crippen LogP contribution in [0.5, 0.6) is 0 Å². The zero-order chi connectivity index (χ0) is 14.0. The molecule has 0 radical (unpaired) electrons. The molecule has 19 heavy (non-hydrogen) atoms. The summed E-state index contributed by atoms with van der Waals surface area (Å²) >= 11 is 3.45. The molecule has 1 aliphatic rings. The smallest absolute Gasteiger partial charge is 0.268 e. The molecule has 1 aromatic rings. The Bertz CT molecular complexity index is 453. The third kappa shape index (κ3) is 3.03. The molecular formula is C14H22BrN3O. The van der Waals surface area contributed by atoms with E-state index in [-0.39, 0.29) is 11.4 Å². The van der Waals surface area contributed by atoms with Crippen LogP contribution in [0.4, 0.5) is 0 Å². The maximum atomic E-state index is 12.5. The van der Waals surface area contributed by atoms with Gasteiger partial charge in [-0.2, -0.15) is 0 Å². The number of rotatable bonds is 6. The van der Waals surface area contributed by atoms with Crippen LogP contribution < -0.4 is 11.1 Å². The molecule has 4 nitrogen and oxygen atoms in total. The van der Waals surface area contributed by atoms with E-state index in [1.807, 2.05) is 12.3 Å². The number of nitrogens with zero attached hydrogens (tertiary/aromatic N) is 1. The van der Waals surface area contributed by atoms with Crippen molar-refractivity contribution in [1.29, 1.82) is 0 Å². The first kappa shape index (κ1) is 14.6. The van der Waals surface area contributed by atoms with Gasteiger partial charge in [-0.15, -0.1) is 0 Å². The molecule has 0 unspecified atom stereocenters. The molecule has 0 saturated heterocycles. The van der Waals surface area contributed by atoms with Crippen molar-refractivity contribution in [2.24, 2.45) is 5.73 Å². The molecule has 0 atom stereocenters. The molecule has 0 bridgehead atoms. The summed E-state index contributed by atoms with van der Waals surface area (Å²) in [6.07, 6.45) is 6.00. The summed E-state index contributed by atoms with van der Waals surface area (Å²) in [5.74, 6) is -0.0215. The van der Waals surface area contributed by atoms with Gasteiger partial charge in [-0.3, -0.25) is 4.79 Å². The van der Waals surface area contributed by atoms with Gasteiger partial charge >= 0.3 is 0 Å². The van der Waals surface area contributed by atoms with Gasteiger partial charge in [-0.05, 0) is 47.7 Å². The molecule has 0 spiro atoms. The Kier molecular flexibility index (Phi) is 4.36. The van der Waals surface area contributed by atoms with Crippen LogP contribution >= 0.6 is 15.9 Å². The normalized spacial score (nSPS) is 15.6. The lowest BCUT2D eigenvalue weighted by Gasteiger charge is -2.31. The van der Waals surface area contributed by atoms with Crippen molar-refractivity contribution in [2.45, 2.75) is 51.1 Å². The first-order valence-electron chi connectivity index (χ1n) is 6.95. The van der Waals surface area contributed by atoms with Crippen molar-refractivity contribution >= 4 is 21.8 Å². The van der Waals surface area contributed by atoms with Gasteiger partial charge in [-0.25, -0.2) is 0 Å². The summed E-state index contributed by atoms with van der Waals surface area (Å²) in [6.45, 7) is 4.59. The molecule has 1 aromatic heterocycles. The highest BCUT2D eigenvalue weighted by Gasteiger charge is 2.31. The van der Waals surface area contributed by atoms with Crippen molar-refractivity contribution < 1.29 is 4.79 Å². The van der Waals surface area contributed by atoms with Gasteiger partial charge in [0, 0.05) is 23.3 Å². The highest BCUT2D eigenvalue weighted by Crippen LogP contribution is 2.37. The molecule has 1 heterocycles. The minimum Gasteiger partial charge on any atom is -0.344 e. The second kappa shape index (κ2) is 5.67. The van der Waals surface area contributed by atoms with E-state index in [1.54, 1.807) is 0 Å². The molecule has 0 aliphatic heterocycles. The number of hydrogen-bond donors (Lipinski definition) is 2. The number of carbonyl (C=O) groups excluding carboxylic acids is 1. The number of hydrogen-bond acceptors (Lipinski definition) is 2. The lowest BCUT2D eigenvalue weighted by molar-refractivity contribution is 0.0885. The average Bonchev–Trinajstić information content (AvgIpc) is 3.19. The highest BCUT2D eigenvalue weighted by molar-refractivity contribution is 9.10. The van der Waals surface area contributed by atoms with Crippen molar-refractivity contribution in [3.8, 4) is 0 Å². The number of aromatic nitrogens is 1. The molecule has 0 aromatic carbocycles. The summed E-state index contributed by atoms with van der Waals surface area (Å²) in [7, 11) is 0. The van der Waals surface area contributed by atoms with E-state index in [9.17, 15) is 4.79 Å². The van der Waals surface area contributed by atoms with Crippen LogP contribution in [-0.2, 0) is 0 Å². The van der Waals surface area contributed by atoms with Crippen LogP contribution in [0.15, 0.2) is 16.7 Å². The average molecular weight is 328 g/mol. The molecule has 1 saturated carbocycles. The Balaban J connectivity index is 2.19. The number of halogens is 1. The maximum absolute atomic E-state index is 12.5. The Morgan fingerprint density at radius 2 is 2.16 bits per heavy atom. The van der Waals surface area contributed by atoms with E-state index in [2.05, 4.69) is 39.7 Å². The SMILES string of the molecule is CCC(CC)(CN)NC(=O)c1cc(Br)cn1C1CC1. The summed E-state index contributed by atoms with van der Waals surface area (Å²) < 4.78 is 3.03. The van der Waals surface area contributed by atoms with Crippen molar-refractivity contribution in [3.05, 3.63) is 22.4 Å². The third-order valence-electron chi connectivity index (χ3n) is 4.11. The Hall–Kier alpha value is -0.810. The molecule has 1 aliphatic carbocycles. The minimum atomic E-state index is -0.289. The van der Waals surface area contributed by atoms with Crippen LogP contribution in [0.2, 0.25) is 0 Å². The number of nitrogens with two attached hydrogens (primary N) is 1. The van der Waals surface area contributed by atoms with Gasteiger partial charge in [0.15, 0.2) is 0 Å². The molecule has 2 rings (SSSR count). The Morgan fingerprint density at radius 1 is 1.53 bits per heavy atom. The molecule has 106 valence electrons. The van der Waals surface area contributed by atoms with E-state index >= 15 is 0 Å². The first-order valence-corrected chi connectivity index (χ1v) is 7.74. The standard InChI is InChI=1S/C14H22BrN3O/c1-3-14(4-2,9-16)17-13(19)12-7-10(15)8-18(12)11-5-6-11/h7-8,11H,3-6,9,16H2,1-2H3,(H,17,19). The number of carbonyl (C=O) groups is 1. The molecule has 1 fully saturated rings. The first-order chi connectivity index (χ1) is 9.05. The molecule has 5 heteroatoms. The third-order valence-corrected chi connectivity index (χ3v) is 4.54. The number of amides is 1. The number of nitrogens with one attached hydrogen (secondary N) is 1. The monoisotopic (exact) mass is 327 g/mol. The zero-order valence-electron chi connectivity index (χ0n) is 11.6. The largest absolute Gasteiger partial charge is 0.344 e. The lowest BCUT2D eigenvalue weighted by Crippen LogP contribution is -2.53.